The van der Waals surface area contributed by atoms with E-state index in [2.05, 4.69) is 5.32 Å². The van der Waals surface area contributed by atoms with Crippen LogP contribution in [0.5, 0.6) is 5.75 Å². The SMILES string of the molecule is CCOc1ccc(S(=O)(=O)N(CC(=O)N(Cc2cccc(C)c2)C(CC)C(=O)NCC(C)C)c2ccc(C)cc2)cc1. The van der Waals surface area contributed by atoms with Crippen LogP contribution in [0.2, 0.25) is 0 Å². The molecule has 3 aromatic rings. The summed E-state index contributed by atoms with van der Waals surface area (Å²) in [6.07, 6.45) is 0.373. The Hall–Kier alpha value is -3.85. The maximum absolute atomic E-state index is 14.2. The van der Waals surface area contributed by atoms with E-state index in [0.29, 0.717) is 31.0 Å². The summed E-state index contributed by atoms with van der Waals surface area (Å²) >= 11 is 0. The third-order valence-electron chi connectivity index (χ3n) is 6.83. The smallest absolute Gasteiger partial charge is 0.264 e. The molecular weight excluding hydrogens is 550 g/mol. The van der Waals surface area contributed by atoms with Crippen LogP contribution in [-0.4, -0.2) is 50.9 Å². The summed E-state index contributed by atoms with van der Waals surface area (Å²) in [5, 5.41) is 2.95. The van der Waals surface area contributed by atoms with Crippen molar-refractivity contribution in [3.63, 3.8) is 0 Å². The van der Waals surface area contributed by atoms with Crippen molar-refractivity contribution in [1.82, 2.24) is 10.2 Å². The lowest BCUT2D eigenvalue weighted by Gasteiger charge is -2.33. The zero-order chi connectivity index (χ0) is 30.9. The quantitative estimate of drug-likeness (QED) is 0.267. The van der Waals surface area contributed by atoms with E-state index in [0.717, 1.165) is 21.0 Å². The van der Waals surface area contributed by atoms with Crippen LogP contribution in [0.25, 0.3) is 0 Å². The molecule has 2 amide bonds. The van der Waals surface area contributed by atoms with Crippen LogP contribution >= 0.6 is 0 Å². The number of ether oxygens (including phenoxy) is 1. The van der Waals surface area contributed by atoms with E-state index < -0.39 is 28.5 Å². The van der Waals surface area contributed by atoms with Gasteiger partial charge in [0.1, 0.15) is 18.3 Å². The van der Waals surface area contributed by atoms with Gasteiger partial charge in [0, 0.05) is 13.1 Å². The molecule has 0 saturated carbocycles. The first kappa shape index (κ1) is 32.7. The summed E-state index contributed by atoms with van der Waals surface area (Å²) in [5.74, 6) is 0.0576. The van der Waals surface area contributed by atoms with Gasteiger partial charge in [-0.25, -0.2) is 8.42 Å². The van der Waals surface area contributed by atoms with Crippen molar-refractivity contribution in [1.29, 1.82) is 0 Å². The zero-order valence-corrected chi connectivity index (χ0v) is 26.3. The van der Waals surface area contributed by atoms with E-state index in [-0.39, 0.29) is 23.3 Å². The fourth-order valence-corrected chi connectivity index (χ4v) is 6.00. The molecule has 0 radical (unpaired) electrons. The second-order valence-corrected chi connectivity index (χ2v) is 12.7. The number of benzene rings is 3. The van der Waals surface area contributed by atoms with E-state index in [1.54, 1.807) is 36.4 Å². The van der Waals surface area contributed by atoms with Crippen LogP contribution < -0.4 is 14.4 Å². The molecule has 0 fully saturated rings. The normalized spacial score (nSPS) is 12.1. The third-order valence-corrected chi connectivity index (χ3v) is 8.62. The highest BCUT2D eigenvalue weighted by atomic mass is 32.2. The van der Waals surface area contributed by atoms with Crippen molar-refractivity contribution < 1.29 is 22.7 Å². The highest BCUT2D eigenvalue weighted by molar-refractivity contribution is 7.92. The molecule has 226 valence electrons. The molecule has 0 aromatic heterocycles. The number of amides is 2. The van der Waals surface area contributed by atoms with Crippen molar-refractivity contribution in [2.24, 2.45) is 5.92 Å². The average molecular weight is 594 g/mol. The summed E-state index contributed by atoms with van der Waals surface area (Å²) in [6, 6.07) is 20.1. The maximum atomic E-state index is 14.2. The summed E-state index contributed by atoms with van der Waals surface area (Å²) in [7, 11) is -4.15. The number of nitrogens with zero attached hydrogens (tertiary/aromatic N) is 2. The number of aryl methyl sites for hydroxylation is 2. The van der Waals surface area contributed by atoms with Crippen molar-refractivity contribution in [2.75, 3.05) is 24.0 Å². The van der Waals surface area contributed by atoms with Crippen molar-refractivity contribution >= 4 is 27.5 Å². The fourth-order valence-electron chi connectivity index (χ4n) is 4.59. The molecule has 0 spiro atoms. The molecule has 8 nitrogen and oxygen atoms in total. The van der Waals surface area contributed by atoms with E-state index in [1.165, 1.54) is 17.0 Å². The van der Waals surface area contributed by atoms with Crippen molar-refractivity contribution in [3.8, 4) is 5.75 Å². The number of anilines is 1. The van der Waals surface area contributed by atoms with Gasteiger partial charge in [0.05, 0.1) is 17.2 Å². The molecule has 0 heterocycles. The Morgan fingerprint density at radius 2 is 1.57 bits per heavy atom. The topological polar surface area (TPSA) is 96.0 Å². The minimum atomic E-state index is -4.15. The zero-order valence-electron chi connectivity index (χ0n) is 25.5. The van der Waals surface area contributed by atoms with E-state index in [9.17, 15) is 18.0 Å². The largest absolute Gasteiger partial charge is 0.494 e. The molecule has 0 bridgehead atoms. The number of carbonyl (C=O) groups is 2. The number of hydrogen-bond acceptors (Lipinski definition) is 5. The first-order valence-corrected chi connectivity index (χ1v) is 15.8. The molecule has 42 heavy (non-hydrogen) atoms. The molecule has 0 aliphatic heterocycles. The van der Waals surface area contributed by atoms with Gasteiger partial charge in [-0.05, 0) is 75.1 Å². The molecule has 9 heteroatoms. The van der Waals surface area contributed by atoms with E-state index in [1.807, 2.05) is 65.8 Å². The molecule has 0 aliphatic rings. The monoisotopic (exact) mass is 593 g/mol. The molecule has 1 unspecified atom stereocenters. The highest BCUT2D eigenvalue weighted by Crippen LogP contribution is 2.26. The first-order chi connectivity index (χ1) is 20.0. The summed E-state index contributed by atoms with van der Waals surface area (Å²) in [5.41, 5.74) is 3.19. The van der Waals surface area contributed by atoms with Gasteiger partial charge in [-0.3, -0.25) is 13.9 Å². The maximum Gasteiger partial charge on any atom is 0.264 e. The van der Waals surface area contributed by atoms with Crippen LogP contribution in [0, 0.1) is 19.8 Å². The second kappa shape index (κ2) is 14.9. The molecule has 3 aromatic carbocycles. The number of carbonyl (C=O) groups excluding carboxylic acids is 2. The van der Waals surface area contributed by atoms with E-state index >= 15 is 0 Å². The minimum absolute atomic E-state index is 0.0336. The van der Waals surface area contributed by atoms with Gasteiger partial charge in [0.2, 0.25) is 11.8 Å². The second-order valence-electron chi connectivity index (χ2n) is 10.8. The standard InChI is InChI=1S/C33H43N3O5S/c1-7-31(33(38)34-21-24(3)4)35(22-27-11-9-10-26(6)20-27)32(37)23-36(28-14-12-25(5)13-15-28)42(39,40)30-18-16-29(17-19-30)41-8-2/h9-20,24,31H,7-8,21-23H2,1-6H3,(H,34,38). The molecule has 0 saturated heterocycles. The Labute approximate surface area is 250 Å². The Morgan fingerprint density at radius 3 is 2.14 bits per heavy atom. The lowest BCUT2D eigenvalue weighted by atomic mass is 10.1. The lowest BCUT2D eigenvalue weighted by molar-refractivity contribution is -0.140. The van der Waals surface area contributed by atoms with Gasteiger partial charge < -0.3 is 15.0 Å². The van der Waals surface area contributed by atoms with Gasteiger partial charge in [-0.15, -0.1) is 0 Å². The predicted octanol–water partition coefficient (Wildman–Crippen LogP) is 5.48. The Bertz CT molecular complexity index is 1440. The molecule has 1 atom stereocenters. The van der Waals surface area contributed by atoms with Gasteiger partial charge in [-0.2, -0.15) is 0 Å². The first-order valence-electron chi connectivity index (χ1n) is 14.4. The van der Waals surface area contributed by atoms with Gasteiger partial charge in [0.15, 0.2) is 0 Å². The Kier molecular flexibility index (Phi) is 11.6. The molecule has 0 aliphatic carbocycles. The predicted molar refractivity (Wildman–Crippen MR) is 167 cm³/mol. The van der Waals surface area contributed by atoms with Crippen LogP contribution in [0.1, 0.15) is 50.8 Å². The van der Waals surface area contributed by atoms with Crippen LogP contribution in [0.4, 0.5) is 5.69 Å². The summed E-state index contributed by atoms with van der Waals surface area (Å²) in [6.45, 7) is 12.2. The van der Waals surface area contributed by atoms with Gasteiger partial charge >= 0.3 is 0 Å². The van der Waals surface area contributed by atoms with Crippen LogP contribution in [-0.2, 0) is 26.2 Å². The van der Waals surface area contributed by atoms with Crippen molar-refractivity contribution in [2.45, 2.75) is 65.4 Å². The number of hydrogen-bond donors (Lipinski definition) is 1. The molecule has 1 N–H and O–H groups in total. The number of nitrogens with one attached hydrogen (secondary N) is 1. The average Bonchev–Trinajstić information content (AvgIpc) is 2.95. The third kappa shape index (κ3) is 8.58. The summed E-state index contributed by atoms with van der Waals surface area (Å²) in [4.78, 5) is 29.0. The molecule has 3 rings (SSSR count). The van der Waals surface area contributed by atoms with Crippen LogP contribution in [0.3, 0.4) is 0 Å². The lowest BCUT2D eigenvalue weighted by Crippen LogP contribution is -2.52. The van der Waals surface area contributed by atoms with Gasteiger partial charge in [-0.1, -0.05) is 68.3 Å². The van der Waals surface area contributed by atoms with E-state index in [4.69, 9.17) is 4.74 Å². The summed E-state index contributed by atoms with van der Waals surface area (Å²) < 4.78 is 34.7. The Balaban J connectivity index is 2.04. The van der Waals surface area contributed by atoms with Gasteiger partial charge in [0.25, 0.3) is 10.0 Å². The molecular formula is C33H43N3O5S. The van der Waals surface area contributed by atoms with Crippen molar-refractivity contribution in [3.05, 3.63) is 89.5 Å². The minimum Gasteiger partial charge on any atom is -0.494 e. The highest BCUT2D eigenvalue weighted by Gasteiger charge is 2.33. The fraction of sp³-hybridized carbons (Fsp3) is 0.394. The number of rotatable bonds is 14. The van der Waals surface area contributed by atoms with Crippen LogP contribution in [0.15, 0.2) is 77.7 Å². The Morgan fingerprint density at radius 1 is 0.905 bits per heavy atom. The number of sulfonamides is 1.